The van der Waals surface area contributed by atoms with Crippen molar-refractivity contribution < 1.29 is 14.7 Å². The number of carbonyl (C=O) groups excluding carboxylic acids is 1. The lowest BCUT2D eigenvalue weighted by Gasteiger charge is -2.12. The van der Waals surface area contributed by atoms with Crippen molar-refractivity contribution in [1.82, 2.24) is 5.32 Å². The maximum Gasteiger partial charge on any atom is 0.326 e. The first-order valence-electron chi connectivity index (χ1n) is 6.28. The zero-order valence-electron chi connectivity index (χ0n) is 10.4. The summed E-state index contributed by atoms with van der Waals surface area (Å²) in [4.78, 5) is 23.8. The van der Waals surface area contributed by atoms with Gasteiger partial charge in [0.2, 0.25) is 0 Å². The Morgan fingerprint density at radius 3 is 2.65 bits per heavy atom. The fourth-order valence-corrected chi connectivity index (χ4v) is 3.60. The average Bonchev–Trinajstić information content (AvgIpc) is 3.20. The molecular formula is C14H12ClNO3S. The molecule has 1 fully saturated rings. The summed E-state index contributed by atoms with van der Waals surface area (Å²) < 4.78 is 0.918. The first-order chi connectivity index (χ1) is 9.58. The number of halogens is 1. The van der Waals surface area contributed by atoms with Gasteiger partial charge >= 0.3 is 5.97 Å². The highest BCUT2D eigenvalue weighted by Gasteiger charge is 2.37. The number of nitrogens with one attached hydrogen (secondary N) is 1. The third kappa shape index (κ3) is 2.39. The molecule has 3 rings (SSSR count). The molecule has 1 aromatic heterocycles. The van der Waals surface area contributed by atoms with Crippen LogP contribution in [0.3, 0.4) is 0 Å². The van der Waals surface area contributed by atoms with Gasteiger partial charge in [0.25, 0.3) is 5.91 Å². The van der Waals surface area contributed by atoms with Crippen LogP contribution in [0.4, 0.5) is 0 Å². The van der Waals surface area contributed by atoms with Gasteiger partial charge in [-0.25, -0.2) is 4.79 Å². The van der Waals surface area contributed by atoms with E-state index in [0.717, 1.165) is 22.9 Å². The number of aliphatic carboxylic acids is 1. The number of benzene rings is 1. The van der Waals surface area contributed by atoms with Crippen LogP contribution in [0.25, 0.3) is 10.1 Å². The Morgan fingerprint density at radius 1 is 1.35 bits per heavy atom. The van der Waals surface area contributed by atoms with Gasteiger partial charge in [0, 0.05) is 10.1 Å². The Bertz CT molecular complexity index is 693. The molecule has 1 aliphatic carbocycles. The molecule has 0 saturated heterocycles. The predicted octanol–water partition coefficient (Wildman–Crippen LogP) is 3.15. The van der Waals surface area contributed by atoms with E-state index in [0.29, 0.717) is 9.90 Å². The molecule has 104 valence electrons. The summed E-state index contributed by atoms with van der Waals surface area (Å²) in [5.41, 5.74) is 0. The second kappa shape index (κ2) is 5.07. The van der Waals surface area contributed by atoms with Gasteiger partial charge in [0.1, 0.15) is 10.9 Å². The molecule has 2 aromatic rings. The topological polar surface area (TPSA) is 66.4 Å². The highest BCUT2D eigenvalue weighted by molar-refractivity contribution is 7.21. The zero-order valence-corrected chi connectivity index (χ0v) is 12.0. The third-order valence-electron chi connectivity index (χ3n) is 3.39. The van der Waals surface area contributed by atoms with Crippen molar-refractivity contribution in [3.63, 3.8) is 0 Å². The molecule has 1 saturated carbocycles. The Hall–Kier alpha value is -1.59. The fourth-order valence-electron chi connectivity index (χ4n) is 2.18. The minimum atomic E-state index is -0.988. The minimum absolute atomic E-state index is 0.0459. The van der Waals surface area contributed by atoms with Gasteiger partial charge in [-0.15, -0.1) is 11.3 Å². The van der Waals surface area contributed by atoms with Gasteiger partial charge in [-0.05, 0) is 24.8 Å². The molecule has 1 aromatic carbocycles. The third-order valence-corrected chi connectivity index (χ3v) is 5.06. The van der Waals surface area contributed by atoms with E-state index in [1.54, 1.807) is 0 Å². The van der Waals surface area contributed by atoms with E-state index in [-0.39, 0.29) is 5.92 Å². The zero-order chi connectivity index (χ0) is 14.3. The number of rotatable bonds is 4. The van der Waals surface area contributed by atoms with E-state index < -0.39 is 17.9 Å². The van der Waals surface area contributed by atoms with E-state index in [1.165, 1.54) is 11.3 Å². The smallest absolute Gasteiger partial charge is 0.326 e. The van der Waals surface area contributed by atoms with Crippen LogP contribution < -0.4 is 5.32 Å². The molecule has 1 aliphatic rings. The van der Waals surface area contributed by atoms with Crippen molar-refractivity contribution in [2.45, 2.75) is 18.9 Å². The molecule has 1 amide bonds. The number of hydrogen-bond donors (Lipinski definition) is 2. The summed E-state index contributed by atoms with van der Waals surface area (Å²) in [7, 11) is 0. The van der Waals surface area contributed by atoms with E-state index in [4.69, 9.17) is 16.7 Å². The van der Waals surface area contributed by atoms with Crippen molar-refractivity contribution in [1.29, 1.82) is 0 Å². The van der Waals surface area contributed by atoms with E-state index in [9.17, 15) is 9.59 Å². The predicted molar refractivity (Wildman–Crippen MR) is 78.4 cm³/mol. The van der Waals surface area contributed by atoms with Crippen LogP contribution in [-0.2, 0) is 4.79 Å². The average molecular weight is 310 g/mol. The Labute approximate surface area is 124 Å². The second-order valence-corrected chi connectivity index (χ2v) is 6.30. The Morgan fingerprint density at radius 2 is 2.05 bits per heavy atom. The summed E-state index contributed by atoms with van der Waals surface area (Å²) in [6, 6.07) is 6.65. The molecule has 20 heavy (non-hydrogen) atoms. The summed E-state index contributed by atoms with van der Waals surface area (Å²) in [5.74, 6) is -1.35. The number of fused-ring (bicyclic) bond motifs is 1. The van der Waals surface area contributed by atoms with Crippen molar-refractivity contribution in [2.75, 3.05) is 0 Å². The second-order valence-electron chi connectivity index (χ2n) is 4.87. The van der Waals surface area contributed by atoms with Crippen molar-refractivity contribution in [3.05, 3.63) is 34.2 Å². The van der Waals surface area contributed by atoms with Gasteiger partial charge < -0.3 is 10.4 Å². The van der Waals surface area contributed by atoms with Crippen LogP contribution in [0.15, 0.2) is 24.3 Å². The summed E-state index contributed by atoms with van der Waals surface area (Å²) in [6.07, 6.45) is 1.69. The lowest BCUT2D eigenvalue weighted by atomic mass is 10.2. The Kier molecular flexibility index (Phi) is 3.40. The van der Waals surface area contributed by atoms with Crippen LogP contribution in [0.5, 0.6) is 0 Å². The minimum Gasteiger partial charge on any atom is -0.480 e. The quantitative estimate of drug-likeness (QED) is 0.911. The maximum atomic E-state index is 12.2. The van der Waals surface area contributed by atoms with Crippen LogP contribution >= 0.6 is 22.9 Å². The van der Waals surface area contributed by atoms with Gasteiger partial charge in [0.15, 0.2) is 0 Å². The van der Waals surface area contributed by atoms with Crippen molar-refractivity contribution in [3.8, 4) is 0 Å². The standard InChI is InChI=1S/C14H12ClNO3S/c15-10-8-3-1-2-4-9(8)20-12(10)13(17)16-11(14(18)19)7-5-6-7/h1-4,7,11H,5-6H2,(H,16,17)(H,18,19). The summed E-state index contributed by atoms with van der Waals surface area (Å²) in [6.45, 7) is 0. The molecule has 1 heterocycles. The molecule has 6 heteroatoms. The summed E-state index contributed by atoms with van der Waals surface area (Å²) in [5, 5.41) is 12.9. The number of hydrogen-bond acceptors (Lipinski definition) is 3. The number of thiophene rings is 1. The molecule has 1 unspecified atom stereocenters. The molecule has 0 aliphatic heterocycles. The molecule has 2 N–H and O–H groups in total. The van der Waals surface area contributed by atoms with E-state index in [2.05, 4.69) is 5.32 Å². The van der Waals surface area contributed by atoms with E-state index >= 15 is 0 Å². The molecule has 0 spiro atoms. The molecule has 0 radical (unpaired) electrons. The summed E-state index contributed by atoms with van der Waals surface area (Å²) >= 11 is 7.49. The van der Waals surface area contributed by atoms with Gasteiger partial charge in [-0.1, -0.05) is 29.8 Å². The van der Waals surface area contributed by atoms with Crippen LogP contribution in [0.1, 0.15) is 22.5 Å². The normalized spacial score (nSPS) is 16.1. The number of carbonyl (C=O) groups is 2. The number of amides is 1. The van der Waals surface area contributed by atoms with Gasteiger partial charge in [-0.2, -0.15) is 0 Å². The first-order valence-corrected chi connectivity index (χ1v) is 7.48. The Balaban J connectivity index is 1.88. The molecule has 4 nitrogen and oxygen atoms in total. The monoisotopic (exact) mass is 309 g/mol. The molecule has 0 bridgehead atoms. The number of carboxylic acids is 1. The maximum absolute atomic E-state index is 12.2. The number of carboxylic acid groups (broad SMARTS) is 1. The highest BCUT2D eigenvalue weighted by Crippen LogP contribution is 2.36. The van der Waals surface area contributed by atoms with Crippen LogP contribution in [0.2, 0.25) is 5.02 Å². The van der Waals surface area contributed by atoms with Crippen molar-refractivity contribution >= 4 is 44.9 Å². The highest BCUT2D eigenvalue weighted by atomic mass is 35.5. The molecule has 1 atom stereocenters. The van der Waals surface area contributed by atoms with Gasteiger partial charge in [-0.3, -0.25) is 4.79 Å². The van der Waals surface area contributed by atoms with Gasteiger partial charge in [0.05, 0.1) is 5.02 Å². The van der Waals surface area contributed by atoms with E-state index in [1.807, 2.05) is 24.3 Å². The lowest BCUT2D eigenvalue weighted by Crippen LogP contribution is -2.42. The van der Waals surface area contributed by atoms with Crippen LogP contribution in [0, 0.1) is 5.92 Å². The van der Waals surface area contributed by atoms with Crippen molar-refractivity contribution in [2.24, 2.45) is 5.92 Å². The lowest BCUT2D eigenvalue weighted by molar-refractivity contribution is -0.139. The largest absolute Gasteiger partial charge is 0.480 e. The molecular weight excluding hydrogens is 298 g/mol. The fraction of sp³-hybridized carbons (Fsp3) is 0.286. The van der Waals surface area contributed by atoms with Crippen LogP contribution in [-0.4, -0.2) is 23.0 Å². The SMILES string of the molecule is O=C(NC(C(=O)O)C1CC1)c1sc2ccccc2c1Cl. The first kappa shape index (κ1) is 13.4.